The van der Waals surface area contributed by atoms with Crippen LogP contribution in [-0.4, -0.2) is 22.0 Å². The molecule has 1 amide bonds. The normalized spacial score (nSPS) is 11.5. The van der Waals surface area contributed by atoms with Gasteiger partial charge in [0.2, 0.25) is 0 Å². The van der Waals surface area contributed by atoms with Crippen molar-refractivity contribution in [1.29, 1.82) is 0 Å². The third-order valence-electron chi connectivity index (χ3n) is 4.37. The molecule has 0 aliphatic heterocycles. The van der Waals surface area contributed by atoms with Crippen LogP contribution in [0.3, 0.4) is 0 Å². The summed E-state index contributed by atoms with van der Waals surface area (Å²) in [6.45, 7) is 7.18. The van der Waals surface area contributed by atoms with E-state index in [1.165, 1.54) is 5.56 Å². The fourth-order valence-corrected chi connectivity index (χ4v) is 2.32. The first-order valence-corrected chi connectivity index (χ1v) is 7.78. The molecular weight excluding hydrogens is 274 g/mol. The SMILES string of the molecule is CCC(C)(C)c1cccc(C(=O)NCCc2cncn2C)c1. The molecule has 1 aromatic carbocycles. The van der Waals surface area contributed by atoms with Gasteiger partial charge in [0.1, 0.15) is 0 Å². The van der Waals surface area contributed by atoms with Gasteiger partial charge in [0.05, 0.1) is 6.33 Å². The summed E-state index contributed by atoms with van der Waals surface area (Å²) in [6, 6.07) is 7.93. The maximum absolute atomic E-state index is 12.3. The van der Waals surface area contributed by atoms with Crippen molar-refractivity contribution in [2.75, 3.05) is 6.54 Å². The Bertz CT molecular complexity index is 643. The van der Waals surface area contributed by atoms with Crippen LogP contribution in [0.2, 0.25) is 0 Å². The Balaban J connectivity index is 1.98. The van der Waals surface area contributed by atoms with E-state index < -0.39 is 0 Å². The molecular formula is C18H25N3O. The van der Waals surface area contributed by atoms with E-state index in [1.807, 2.05) is 36.0 Å². The molecule has 0 saturated heterocycles. The number of aromatic nitrogens is 2. The first-order valence-electron chi connectivity index (χ1n) is 7.78. The number of hydrogen-bond donors (Lipinski definition) is 1. The van der Waals surface area contributed by atoms with E-state index >= 15 is 0 Å². The first kappa shape index (κ1) is 16.3. The summed E-state index contributed by atoms with van der Waals surface area (Å²) in [6.07, 6.45) is 5.42. The van der Waals surface area contributed by atoms with Gasteiger partial charge in [-0.25, -0.2) is 4.98 Å². The van der Waals surface area contributed by atoms with Crippen molar-refractivity contribution in [3.05, 3.63) is 53.6 Å². The predicted octanol–water partition coefficient (Wildman–Crippen LogP) is 3.08. The van der Waals surface area contributed by atoms with Gasteiger partial charge in [-0.1, -0.05) is 32.9 Å². The molecule has 1 aromatic heterocycles. The Morgan fingerprint density at radius 1 is 1.36 bits per heavy atom. The van der Waals surface area contributed by atoms with Crippen molar-refractivity contribution in [2.24, 2.45) is 7.05 Å². The summed E-state index contributed by atoms with van der Waals surface area (Å²) in [5, 5.41) is 2.98. The second kappa shape index (κ2) is 6.77. The Morgan fingerprint density at radius 2 is 2.14 bits per heavy atom. The quantitative estimate of drug-likeness (QED) is 0.891. The monoisotopic (exact) mass is 299 g/mol. The van der Waals surface area contributed by atoms with Crippen molar-refractivity contribution in [1.82, 2.24) is 14.9 Å². The number of rotatable bonds is 6. The number of nitrogens with zero attached hydrogens (tertiary/aromatic N) is 2. The molecule has 0 unspecified atom stereocenters. The molecule has 0 radical (unpaired) electrons. The zero-order chi connectivity index (χ0) is 16.2. The number of carbonyl (C=O) groups is 1. The number of nitrogens with one attached hydrogen (secondary N) is 1. The lowest BCUT2D eigenvalue weighted by Gasteiger charge is -2.23. The van der Waals surface area contributed by atoms with Crippen LogP contribution in [0.4, 0.5) is 0 Å². The topological polar surface area (TPSA) is 46.9 Å². The second-order valence-corrected chi connectivity index (χ2v) is 6.32. The van der Waals surface area contributed by atoms with Crippen molar-refractivity contribution in [3.63, 3.8) is 0 Å². The predicted molar refractivity (Wildman–Crippen MR) is 89.0 cm³/mol. The van der Waals surface area contributed by atoms with Crippen molar-refractivity contribution in [2.45, 2.75) is 39.0 Å². The van der Waals surface area contributed by atoms with Crippen LogP contribution in [0.15, 0.2) is 36.8 Å². The van der Waals surface area contributed by atoms with Crippen LogP contribution in [0.5, 0.6) is 0 Å². The third-order valence-corrected chi connectivity index (χ3v) is 4.37. The molecule has 0 spiro atoms. The molecule has 2 aromatic rings. The van der Waals surface area contributed by atoms with E-state index in [0.717, 1.165) is 24.1 Å². The molecule has 0 atom stereocenters. The number of carbonyl (C=O) groups excluding carboxylic acids is 1. The van der Waals surface area contributed by atoms with E-state index in [4.69, 9.17) is 0 Å². The zero-order valence-electron chi connectivity index (χ0n) is 13.9. The largest absolute Gasteiger partial charge is 0.352 e. The minimum atomic E-state index is -0.0177. The van der Waals surface area contributed by atoms with Crippen molar-refractivity contribution < 1.29 is 4.79 Å². The highest BCUT2D eigenvalue weighted by molar-refractivity contribution is 5.94. The number of imidazole rings is 1. The van der Waals surface area contributed by atoms with Gasteiger partial charge >= 0.3 is 0 Å². The third kappa shape index (κ3) is 3.75. The molecule has 0 bridgehead atoms. The highest BCUT2D eigenvalue weighted by atomic mass is 16.1. The van der Waals surface area contributed by atoms with Crippen LogP contribution in [0, 0.1) is 0 Å². The molecule has 0 fully saturated rings. The van der Waals surface area contributed by atoms with Crippen molar-refractivity contribution in [3.8, 4) is 0 Å². The molecule has 0 aliphatic carbocycles. The van der Waals surface area contributed by atoms with E-state index in [0.29, 0.717) is 6.54 Å². The molecule has 4 nitrogen and oxygen atoms in total. The molecule has 4 heteroatoms. The fraction of sp³-hybridized carbons (Fsp3) is 0.444. The Kier molecular flexibility index (Phi) is 5.01. The van der Waals surface area contributed by atoms with Crippen LogP contribution >= 0.6 is 0 Å². The van der Waals surface area contributed by atoms with Gasteiger partial charge in [0.15, 0.2) is 0 Å². The maximum atomic E-state index is 12.3. The zero-order valence-corrected chi connectivity index (χ0v) is 13.9. The average Bonchev–Trinajstić information content (AvgIpc) is 2.92. The maximum Gasteiger partial charge on any atom is 0.251 e. The molecule has 22 heavy (non-hydrogen) atoms. The van der Waals surface area contributed by atoms with Gasteiger partial charge in [-0.15, -0.1) is 0 Å². The molecule has 2 rings (SSSR count). The molecule has 0 aliphatic rings. The van der Waals surface area contributed by atoms with Crippen LogP contribution in [0.1, 0.15) is 48.8 Å². The van der Waals surface area contributed by atoms with Gasteiger partial charge < -0.3 is 9.88 Å². The second-order valence-electron chi connectivity index (χ2n) is 6.32. The van der Waals surface area contributed by atoms with Crippen LogP contribution in [-0.2, 0) is 18.9 Å². The van der Waals surface area contributed by atoms with E-state index in [-0.39, 0.29) is 11.3 Å². The number of aryl methyl sites for hydroxylation is 1. The number of amides is 1. The highest BCUT2D eigenvalue weighted by Crippen LogP contribution is 2.27. The van der Waals surface area contributed by atoms with Crippen molar-refractivity contribution >= 4 is 5.91 Å². The lowest BCUT2D eigenvalue weighted by atomic mass is 9.81. The van der Waals surface area contributed by atoms with Crippen LogP contribution in [0.25, 0.3) is 0 Å². The Morgan fingerprint density at radius 3 is 2.77 bits per heavy atom. The van der Waals surface area contributed by atoms with E-state index in [1.54, 1.807) is 6.33 Å². The molecule has 0 saturated carbocycles. The highest BCUT2D eigenvalue weighted by Gasteiger charge is 2.19. The van der Waals surface area contributed by atoms with Gasteiger partial charge in [-0.3, -0.25) is 4.79 Å². The molecule has 1 heterocycles. The van der Waals surface area contributed by atoms with Gasteiger partial charge in [-0.05, 0) is 29.5 Å². The summed E-state index contributed by atoms with van der Waals surface area (Å²) in [5.74, 6) is -0.0177. The smallest absolute Gasteiger partial charge is 0.251 e. The lowest BCUT2D eigenvalue weighted by Crippen LogP contribution is -2.26. The van der Waals surface area contributed by atoms with Gasteiger partial charge in [-0.2, -0.15) is 0 Å². The van der Waals surface area contributed by atoms with Gasteiger partial charge in [0.25, 0.3) is 5.91 Å². The number of hydrogen-bond acceptors (Lipinski definition) is 2. The van der Waals surface area contributed by atoms with E-state index in [9.17, 15) is 4.79 Å². The lowest BCUT2D eigenvalue weighted by molar-refractivity contribution is 0.0954. The minimum absolute atomic E-state index is 0.0177. The summed E-state index contributed by atoms with van der Waals surface area (Å²) in [5.41, 5.74) is 3.13. The summed E-state index contributed by atoms with van der Waals surface area (Å²) in [4.78, 5) is 16.4. The fourth-order valence-electron chi connectivity index (χ4n) is 2.32. The Hall–Kier alpha value is -2.10. The summed E-state index contributed by atoms with van der Waals surface area (Å²) in [7, 11) is 1.96. The average molecular weight is 299 g/mol. The van der Waals surface area contributed by atoms with E-state index in [2.05, 4.69) is 37.1 Å². The Labute approximate surface area is 132 Å². The summed E-state index contributed by atoms with van der Waals surface area (Å²) < 4.78 is 1.97. The minimum Gasteiger partial charge on any atom is -0.352 e. The first-order chi connectivity index (χ1) is 10.4. The summed E-state index contributed by atoms with van der Waals surface area (Å²) >= 11 is 0. The van der Waals surface area contributed by atoms with Crippen LogP contribution < -0.4 is 5.32 Å². The standard InChI is InChI=1S/C18H25N3O/c1-5-18(2,3)15-8-6-7-14(11-15)17(22)20-10-9-16-12-19-13-21(16)4/h6-8,11-13H,5,9-10H2,1-4H3,(H,20,22). The van der Waals surface area contributed by atoms with Gasteiger partial charge in [0, 0.05) is 37.5 Å². The molecule has 1 N–H and O–H groups in total. The molecule has 118 valence electrons. The number of benzene rings is 1.